The van der Waals surface area contributed by atoms with Gasteiger partial charge in [-0.2, -0.15) is 0 Å². The number of para-hydroxylation sites is 1. The molecule has 0 fully saturated rings. The van der Waals surface area contributed by atoms with Gasteiger partial charge in [-0.15, -0.1) is 0 Å². The molecule has 0 saturated carbocycles. The van der Waals surface area contributed by atoms with Crippen molar-refractivity contribution in [1.82, 2.24) is 5.32 Å². The van der Waals surface area contributed by atoms with E-state index in [1.54, 1.807) is 0 Å². The third-order valence-corrected chi connectivity index (χ3v) is 4.43. The highest BCUT2D eigenvalue weighted by atomic mass is 35.5. The number of ether oxygens (including phenoxy) is 1. The number of rotatable bonds is 4. The van der Waals surface area contributed by atoms with Crippen LogP contribution in [0.3, 0.4) is 0 Å². The van der Waals surface area contributed by atoms with Gasteiger partial charge < -0.3 is 10.1 Å². The first-order chi connectivity index (χ1) is 10.2. The van der Waals surface area contributed by atoms with E-state index in [9.17, 15) is 0 Å². The zero-order valence-corrected chi connectivity index (χ0v) is 13.2. The molecule has 1 aliphatic heterocycles. The molecule has 0 amide bonds. The molecule has 110 valence electrons. The zero-order valence-electron chi connectivity index (χ0n) is 12.4. The largest absolute Gasteiger partial charge is 0.488 e. The van der Waals surface area contributed by atoms with Crippen molar-refractivity contribution in [3.8, 4) is 5.75 Å². The molecular weight excluding hydrogens is 282 g/mol. The summed E-state index contributed by atoms with van der Waals surface area (Å²) >= 11 is 6.29. The van der Waals surface area contributed by atoms with Crippen molar-refractivity contribution in [1.29, 1.82) is 0 Å². The van der Waals surface area contributed by atoms with E-state index in [-0.39, 0.29) is 12.1 Å². The van der Waals surface area contributed by atoms with Crippen LogP contribution in [0.4, 0.5) is 0 Å². The molecule has 2 aromatic rings. The molecule has 0 bridgehead atoms. The molecule has 3 heteroatoms. The maximum Gasteiger partial charge on any atom is 0.123 e. The van der Waals surface area contributed by atoms with Crippen LogP contribution in [-0.2, 0) is 6.42 Å². The highest BCUT2D eigenvalue weighted by Gasteiger charge is 2.30. The summed E-state index contributed by atoms with van der Waals surface area (Å²) in [5.74, 6) is 1.00. The van der Waals surface area contributed by atoms with Crippen LogP contribution in [0, 0.1) is 6.92 Å². The number of likely N-dealkylation sites (N-methyl/N-ethyl adjacent to an activating group) is 1. The second-order valence-corrected chi connectivity index (χ2v) is 5.92. The third-order valence-electron chi connectivity index (χ3n) is 4.02. The Morgan fingerprint density at radius 3 is 2.81 bits per heavy atom. The molecule has 1 aliphatic rings. The summed E-state index contributed by atoms with van der Waals surface area (Å²) in [4.78, 5) is 0. The van der Waals surface area contributed by atoms with E-state index >= 15 is 0 Å². The maximum absolute atomic E-state index is 6.29. The van der Waals surface area contributed by atoms with E-state index in [1.807, 2.05) is 19.1 Å². The van der Waals surface area contributed by atoms with Crippen molar-refractivity contribution in [3.05, 3.63) is 64.2 Å². The van der Waals surface area contributed by atoms with Crippen LogP contribution in [0.2, 0.25) is 5.02 Å². The number of fused-ring (bicyclic) bond motifs is 1. The maximum atomic E-state index is 6.29. The molecule has 2 nitrogen and oxygen atoms in total. The molecule has 2 unspecified atom stereocenters. The van der Waals surface area contributed by atoms with Gasteiger partial charge in [-0.25, -0.2) is 0 Å². The Balaban J connectivity index is 1.87. The first kappa shape index (κ1) is 14.4. The Morgan fingerprint density at radius 1 is 1.29 bits per heavy atom. The summed E-state index contributed by atoms with van der Waals surface area (Å²) in [7, 11) is 0. The van der Waals surface area contributed by atoms with Gasteiger partial charge in [0.15, 0.2) is 0 Å². The number of hydrogen-bond acceptors (Lipinski definition) is 2. The number of nitrogens with one attached hydrogen (secondary N) is 1. The van der Waals surface area contributed by atoms with Gasteiger partial charge in [-0.1, -0.05) is 48.9 Å². The number of aryl methyl sites for hydroxylation is 1. The molecule has 2 aromatic carbocycles. The standard InChI is InChI=1S/C18H20ClNO/c1-3-20-18(14-9-8-12(2)15(19)10-14)17-11-13-6-4-5-7-16(13)21-17/h4-10,17-18,20H,3,11H2,1-2H3. The topological polar surface area (TPSA) is 21.3 Å². The number of halogens is 1. The van der Waals surface area contributed by atoms with Gasteiger partial charge in [-0.3, -0.25) is 0 Å². The number of benzene rings is 2. The predicted molar refractivity (Wildman–Crippen MR) is 87.2 cm³/mol. The smallest absolute Gasteiger partial charge is 0.123 e. The van der Waals surface area contributed by atoms with Crippen LogP contribution in [0.1, 0.15) is 29.7 Å². The summed E-state index contributed by atoms with van der Waals surface area (Å²) in [6, 6.07) is 14.7. The first-order valence-electron chi connectivity index (χ1n) is 7.43. The lowest BCUT2D eigenvalue weighted by molar-refractivity contribution is 0.180. The van der Waals surface area contributed by atoms with Crippen molar-refractivity contribution in [2.45, 2.75) is 32.4 Å². The summed E-state index contributed by atoms with van der Waals surface area (Å²) < 4.78 is 6.14. The lowest BCUT2D eigenvalue weighted by atomic mass is 9.97. The predicted octanol–water partition coefficient (Wildman–Crippen LogP) is 4.30. The Labute approximate surface area is 131 Å². The van der Waals surface area contributed by atoms with Crippen LogP contribution in [0.5, 0.6) is 5.75 Å². The van der Waals surface area contributed by atoms with Crippen molar-refractivity contribution in [2.75, 3.05) is 6.54 Å². The highest BCUT2D eigenvalue weighted by molar-refractivity contribution is 6.31. The van der Waals surface area contributed by atoms with Gasteiger partial charge in [0.05, 0.1) is 6.04 Å². The summed E-state index contributed by atoms with van der Waals surface area (Å²) in [5.41, 5.74) is 3.57. The quantitative estimate of drug-likeness (QED) is 0.909. The SMILES string of the molecule is CCNC(c1ccc(C)c(Cl)c1)C1Cc2ccccc2O1. The molecule has 1 N–H and O–H groups in total. The van der Waals surface area contributed by atoms with Gasteiger partial charge in [0.2, 0.25) is 0 Å². The van der Waals surface area contributed by atoms with E-state index in [2.05, 4.69) is 42.6 Å². The molecule has 21 heavy (non-hydrogen) atoms. The Hall–Kier alpha value is -1.51. The molecular formula is C18H20ClNO. The van der Waals surface area contributed by atoms with Crippen molar-refractivity contribution < 1.29 is 4.74 Å². The van der Waals surface area contributed by atoms with Gasteiger partial charge in [-0.05, 0) is 42.3 Å². The van der Waals surface area contributed by atoms with Crippen LogP contribution in [-0.4, -0.2) is 12.6 Å². The molecule has 2 atom stereocenters. The van der Waals surface area contributed by atoms with E-state index in [0.29, 0.717) is 0 Å². The van der Waals surface area contributed by atoms with Crippen molar-refractivity contribution >= 4 is 11.6 Å². The third kappa shape index (κ3) is 2.92. The second-order valence-electron chi connectivity index (χ2n) is 5.51. The van der Waals surface area contributed by atoms with Gasteiger partial charge >= 0.3 is 0 Å². The fourth-order valence-electron chi connectivity index (χ4n) is 2.88. The average molecular weight is 302 g/mol. The Morgan fingerprint density at radius 2 is 2.10 bits per heavy atom. The van der Waals surface area contributed by atoms with E-state index in [0.717, 1.165) is 29.3 Å². The van der Waals surface area contributed by atoms with Crippen LogP contribution in [0.15, 0.2) is 42.5 Å². The minimum atomic E-state index is 0.112. The van der Waals surface area contributed by atoms with Crippen molar-refractivity contribution in [2.24, 2.45) is 0 Å². The minimum absolute atomic E-state index is 0.112. The van der Waals surface area contributed by atoms with E-state index in [4.69, 9.17) is 16.3 Å². The molecule has 0 aliphatic carbocycles. The lowest BCUT2D eigenvalue weighted by Crippen LogP contribution is -2.34. The molecule has 0 saturated heterocycles. The minimum Gasteiger partial charge on any atom is -0.488 e. The summed E-state index contributed by atoms with van der Waals surface area (Å²) in [6.45, 7) is 5.04. The molecule has 0 radical (unpaired) electrons. The van der Waals surface area contributed by atoms with Crippen LogP contribution in [0.25, 0.3) is 0 Å². The van der Waals surface area contributed by atoms with Gasteiger partial charge in [0, 0.05) is 11.4 Å². The number of hydrogen-bond donors (Lipinski definition) is 1. The Bertz CT molecular complexity index is 616. The fourth-order valence-corrected chi connectivity index (χ4v) is 3.07. The van der Waals surface area contributed by atoms with E-state index < -0.39 is 0 Å². The fraction of sp³-hybridized carbons (Fsp3) is 0.333. The van der Waals surface area contributed by atoms with E-state index in [1.165, 1.54) is 11.1 Å². The normalized spacial score (nSPS) is 18.1. The average Bonchev–Trinajstić information content (AvgIpc) is 2.91. The van der Waals surface area contributed by atoms with Gasteiger partial charge in [0.1, 0.15) is 11.9 Å². The molecule has 1 heterocycles. The molecule has 0 spiro atoms. The van der Waals surface area contributed by atoms with Gasteiger partial charge in [0.25, 0.3) is 0 Å². The highest BCUT2D eigenvalue weighted by Crippen LogP contribution is 2.34. The lowest BCUT2D eigenvalue weighted by Gasteiger charge is -2.25. The zero-order chi connectivity index (χ0) is 14.8. The van der Waals surface area contributed by atoms with Crippen LogP contribution >= 0.6 is 11.6 Å². The Kier molecular flexibility index (Phi) is 4.18. The van der Waals surface area contributed by atoms with Crippen LogP contribution < -0.4 is 10.1 Å². The second kappa shape index (κ2) is 6.08. The first-order valence-corrected chi connectivity index (χ1v) is 7.81. The molecule has 3 rings (SSSR count). The monoisotopic (exact) mass is 301 g/mol. The summed E-state index contributed by atoms with van der Waals surface area (Å²) in [6.07, 6.45) is 1.04. The van der Waals surface area contributed by atoms with Crippen molar-refractivity contribution in [3.63, 3.8) is 0 Å². The summed E-state index contributed by atoms with van der Waals surface area (Å²) in [5, 5.41) is 4.35. The molecule has 0 aromatic heterocycles.